The molecule has 0 unspecified atom stereocenters. The molecule has 7 heteroatoms. The Hall–Kier alpha value is -1.61. The molecule has 1 heterocycles. The molecule has 0 saturated heterocycles. The number of halogens is 1. The van der Waals surface area contributed by atoms with Crippen LogP contribution in [0.2, 0.25) is 0 Å². The lowest BCUT2D eigenvalue weighted by atomic mass is 10.1. The van der Waals surface area contributed by atoms with Crippen molar-refractivity contribution in [1.29, 1.82) is 0 Å². The van der Waals surface area contributed by atoms with Crippen molar-refractivity contribution in [2.75, 3.05) is 33.4 Å². The Bertz CT molecular complexity index is 745. The van der Waals surface area contributed by atoms with Crippen LogP contribution in [0, 0.1) is 5.92 Å². The molecule has 1 N–H and O–H groups in total. The fraction of sp³-hybridized carbons (Fsp3) is 0.565. The molecule has 0 aliphatic heterocycles. The summed E-state index contributed by atoms with van der Waals surface area (Å²) in [5.74, 6) is 2.72. The second-order valence-electron chi connectivity index (χ2n) is 7.74. The van der Waals surface area contributed by atoms with E-state index in [-0.39, 0.29) is 24.0 Å². The third-order valence-corrected chi connectivity index (χ3v) is 5.20. The first-order valence-electron chi connectivity index (χ1n) is 10.9. The number of aryl methyl sites for hydroxylation is 2. The highest BCUT2D eigenvalue weighted by molar-refractivity contribution is 14.0. The lowest BCUT2D eigenvalue weighted by molar-refractivity contribution is 0.115. The molecule has 1 aliphatic rings. The summed E-state index contributed by atoms with van der Waals surface area (Å²) in [6, 6.07) is 10.6. The number of rotatable bonds is 12. The number of aromatic nitrogens is 2. The van der Waals surface area contributed by atoms with Gasteiger partial charge in [0.1, 0.15) is 12.4 Å². The van der Waals surface area contributed by atoms with E-state index in [0.717, 1.165) is 63.4 Å². The predicted molar refractivity (Wildman–Crippen MR) is 133 cm³/mol. The first-order chi connectivity index (χ1) is 14.3. The highest BCUT2D eigenvalue weighted by Gasteiger charge is 2.21. The molecule has 0 amide bonds. The molecule has 30 heavy (non-hydrogen) atoms. The van der Waals surface area contributed by atoms with Crippen LogP contribution in [-0.2, 0) is 24.2 Å². The molecule has 0 bridgehead atoms. The molecule has 0 spiro atoms. The quantitative estimate of drug-likeness (QED) is 0.197. The fourth-order valence-corrected chi connectivity index (χ4v) is 3.25. The van der Waals surface area contributed by atoms with E-state index in [1.807, 2.05) is 6.20 Å². The van der Waals surface area contributed by atoms with Gasteiger partial charge in [0, 0.05) is 45.7 Å². The van der Waals surface area contributed by atoms with Crippen LogP contribution in [0.15, 0.2) is 47.7 Å². The molecule has 1 fully saturated rings. The normalized spacial score (nSPS) is 13.7. The Morgan fingerprint density at radius 3 is 2.83 bits per heavy atom. The number of guanidine groups is 1. The minimum Gasteiger partial charge on any atom is -0.379 e. The molecule has 0 radical (unpaired) electrons. The molecule has 1 aromatic heterocycles. The minimum absolute atomic E-state index is 0. The van der Waals surface area contributed by atoms with Crippen molar-refractivity contribution in [2.45, 2.75) is 45.7 Å². The number of benzene rings is 1. The molecule has 1 saturated carbocycles. The van der Waals surface area contributed by atoms with Crippen molar-refractivity contribution < 1.29 is 4.74 Å². The number of ether oxygens (including phenoxy) is 1. The van der Waals surface area contributed by atoms with Crippen molar-refractivity contribution in [3.05, 3.63) is 54.1 Å². The average molecular weight is 525 g/mol. The fourth-order valence-electron chi connectivity index (χ4n) is 3.25. The monoisotopic (exact) mass is 525 g/mol. The summed E-state index contributed by atoms with van der Waals surface area (Å²) in [5, 5.41) is 3.37. The third-order valence-electron chi connectivity index (χ3n) is 5.20. The van der Waals surface area contributed by atoms with E-state index in [4.69, 9.17) is 9.73 Å². The molecule has 1 aliphatic carbocycles. The van der Waals surface area contributed by atoms with Crippen LogP contribution in [-0.4, -0.2) is 53.8 Å². The first kappa shape index (κ1) is 24.7. The Balaban J connectivity index is 0.00000320. The summed E-state index contributed by atoms with van der Waals surface area (Å²) < 4.78 is 7.98. The van der Waals surface area contributed by atoms with Crippen LogP contribution in [0.5, 0.6) is 0 Å². The van der Waals surface area contributed by atoms with E-state index in [2.05, 4.69) is 70.3 Å². The molecule has 0 atom stereocenters. The average Bonchev–Trinajstić information content (AvgIpc) is 3.46. The van der Waals surface area contributed by atoms with Crippen LogP contribution in [0.1, 0.15) is 37.6 Å². The zero-order valence-corrected chi connectivity index (χ0v) is 20.6. The van der Waals surface area contributed by atoms with Crippen molar-refractivity contribution in [1.82, 2.24) is 19.8 Å². The number of hydrogen-bond acceptors (Lipinski definition) is 3. The zero-order valence-electron chi connectivity index (χ0n) is 18.3. The number of aliphatic imine (C=N–C) groups is 1. The van der Waals surface area contributed by atoms with Crippen LogP contribution in [0.4, 0.5) is 0 Å². The lowest BCUT2D eigenvalue weighted by Crippen LogP contribution is -2.40. The summed E-state index contributed by atoms with van der Waals surface area (Å²) in [4.78, 5) is 11.5. The molecule has 2 aromatic rings. The maximum Gasteiger partial charge on any atom is 0.194 e. The topological polar surface area (TPSA) is 54.7 Å². The van der Waals surface area contributed by atoms with Crippen LogP contribution in [0.3, 0.4) is 0 Å². The van der Waals surface area contributed by atoms with E-state index in [1.165, 1.54) is 18.4 Å². The van der Waals surface area contributed by atoms with Crippen LogP contribution in [0.25, 0.3) is 0 Å². The Kier molecular flexibility index (Phi) is 11.2. The number of imidazole rings is 1. The highest BCUT2D eigenvalue weighted by Crippen LogP contribution is 2.28. The second kappa shape index (κ2) is 13.6. The van der Waals surface area contributed by atoms with E-state index in [1.54, 1.807) is 0 Å². The van der Waals surface area contributed by atoms with Crippen LogP contribution < -0.4 is 5.32 Å². The smallest absolute Gasteiger partial charge is 0.194 e. The van der Waals surface area contributed by atoms with Gasteiger partial charge in [-0.2, -0.15) is 0 Å². The van der Waals surface area contributed by atoms with Gasteiger partial charge in [-0.25, -0.2) is 9.98 Å². The van der Waals surface area contributed by atoms with Gasteiger partial charge < -0.3 is 19.5 Å². The Morgan fingerprint density at radius 1 is 1.30 bits per heavy atom. The van der Waals surface area contributed by atoms with Gasteiger partial charge in [0.25, 0.3) is 0 Å². The van der Waals surface area contributed by atoms with E-state index in [0.29, 0.717) is 6.54 Å². The highest BCUT2D eigenvalue weighted by atomic mass is 127. The van der Waals surface area contributed by atoms with Crippen molar-refractivity contribution >= 4 is 29.9 Å². The van der Waals surface area contributed by atoms with Crippen molar-refractivity contribution in [3.8, 4) is 0 Å². The van der Waals surface area contributed by atoms with Gasteiger partial charge in [-0.1, -0.05) is 30.3 Å². The number of likely N-dealkylation sites (N-methyl/N-ethyl adjacent to an activating group) is 1. The van der Waals surface area contributed by atoms with E-state index >= 15 is 0 Å². The van der Waals surface area contributed by atoms with Gasteiger partial charge in [0.05, 0.1) is 6.61 Å². The summed E-state index contributed by atoms with van der Waals surface area (Å²) in [7, 11) is 2.06. The second-order valence-corrected chi connectivity index (χ2v) is 7.74. The predicted octanol–water partition coefficient (Wildman–Crippen LogP) is 3.96. The van der Waals surface area contributed by atoms with Gasteiger partial charge in [0.15, 0.2) is 5.96 Å². The van der Waals surface area contributed by atoms with Crippen molar-refractivity contribution in [2.24, 2.45) is 10.9 Å². The third kappa shape index (κ3) is 8.63. The lowest BCUT2D eigenvalue weighted by Gasteiger charge is -2.22. The van der Waals surface area contributed by atoms with Crippen molar-refractivity contribution in [3.63, 3.8) is 0 Å². The maximum absolute atomic E-state index is 5.77. The minimum atomic E-state index is 0. The molecule has 1 aromatic carbocycles. The maximum atomic E-state index is 5.77. The van der Waals surface area contributed by atoms with Gasteiger partial charge in [-0.3, -0.25) is 0 Å². The van der Waals surface area contributed by atoms with E-state index in [9.17, 15) is 0 Å². The summed E-state index contributed by atoms with van der Waals surface area (Å²) >= 11 is 0. The number of hydrogen-bond donors (Lipinski definition) is 1. The zero-order chi connectivity index (χ0) is 20.3. The molecular weight excluding hydrogens is 489 g/mol. The Morgan fingerprint density at radius 2 is 2.10 bits per heavy atom. The van der Waals surface area contributed by atoms with Crippen LogP contribution >= 0.6 is 24.0 Å². The van der Waals surface area contributed by atoms with Gasteiger partial charge in [0.2, 0.25) is 0 Å². The SMILES string of the molecule is CCNC(=NCc1nccn1CCCc1ccccc1)N(C)CCOCC1CC1.I. The summed E-state index contributed by atoms with van der Waals surface area (Å²) in [6.07, 6.45) is 8.76. The molecule has 6 nitrogen and oxygen atoms in total. The molecule has 166 valence electrons. The standard InChI is InChI=1S/C23H35N5O.HI/c1-3-24-23(27(2)16-17-29-19-21-11-12-21)26-18-22-25-13-15-28(22)14-7-10-20-8-5-4-6-9-20;/h4-6,8-9,13,15,21H,3,7,10-12,14,16-19H2,1-2H3,(H,24,26);1H. The van der Waals surface area contributed by atoms with Gasteiger partial charge in [-0.05, 0) is 44.1 Å². The number of nitrogens with zero attached hydrogens (tertiary/aromatic N) is 4. The summed E-state index contributed by atoms with van der Waals surface area (Å²) in [6.45, 7) is 6.96. The van der Waals surface area contributed by atoms with Gasteiger partial charge >= 0.3 is 0 Å². The number of nitrogens with one attached hydrogen (secondary N) is 1. The Labute approximate surface area is 198 Å². The van der Waals surface area contributed by atoms with Gasteiger partial charge in [-0.15, -0.1) is 24.0 Å². The first-order valence-corrected chi connectivity index (χ1v) is 10.9. The van der Waals surface area contributed by atoms with E-state index < -0.39 is 0 Å². The molecular formula is C23H36IN5O. The summed E-state index contributed by atoms with van der Waals surface area (Å²) in [5.41, 5.74) is 1.38. The molecule has 3 rings (SSSR count). The largest absolute Gasteiger partial charge is 0.379 e.